The molecule has 0 aliphatic carbocycles. The number of unbranched alkanes of at least 4 members (excludes halogenated alkanes) is 5. The van der Waals surface area contributed by atoms with E-state index in [2.05, 4.69) is 31.2 Å². The maximum absolute atomic E-state index is 14.2. The van der Waals surface area contributed by atoms with Crippen LogP contribution in [0.2, 0.25) is 0 Å². The molecule has 0 amide bonds. The largest absolute Gasteiger partial charge is 0.206 e. The van der Waals surface area contributed by atoms with Crippen LogP contribution in [0.15, 0.2) is 42.5 Å². The molecule has 0 heterocycles. The molecule has 0 aliphatic rings. The molecule has 0 saturated carbocycles. The second-order valence-electron chi connectivity index (χ2n) is 6.38. The molecule has 0 bridgehead atoms. The zero-order chi connectivity index (χ0) is 16.5. The van der Waals surface area contributed by atoms with Crippen LogP contribution in [0.5, 0.6) is 0 Å². The third-order valence-corrected chi connectivity index (χ3v) is 4.53. The Labute approximate surface area is 140 Å². The molecule has 2 rings (SSSR count). The van der Waals surface area contributed by atoms with E-state index in [1.165, 1.54) is 44.1 Å². The van der Waals surface area contributed by atoms with E-state index in [9.17, 15) is 4.39 Å². The van der Waals surface area contributed by atoms with Crippen LogP contribution >= 0.6 is 0 Å². The standard InChI is InChI=1S/C22H29F/c1-3-5-6-7-8-9-10-19-11-14-20(15-12-19)21-16-13-18(4-2)17-22(21)23/h11-17H,3-10H2,1-2H3. The van der Waals surface area contributed by atoms with Gasteiger partial charge in [0.2, 0.25) is 0 Å². The highest BCUT2D eigenvalue weighted by Gasteiger charge is 2.06. The Morgan fingerprint density at radius 3 is 2.04 bits per heavy atom. The first-order valence-corrected chi connectivity index (χ1v) is 9.12. The van der Waals surface area contributed by atoms with E-state index in [0.29, 0.717) is 5.56 Å². The fourth-order valence-corrected chi connectivity index (χ4v) is 2.97. The van der Waals surface area contributed by atoms with Gasteiger partial charge in [-0.2, -0.15) is 0 Å². The molecule has 2 aromatic rings. The predicted molar refractivity (Wildman–Crippen MR) is 98.3 cm³/mol. The minimum absolute atomic E-state index is 0.118. The molecule has 0 fully saturated rings. The van der Waals surface area contributed by atoms with E-state index in [1.807, 2.05) is 19.1 Å². The van der Waals surface area contributed by atoms with Crippen molar-refractivity contribution in [3.63, 3.8) is 0 Å². The molecule has 1 heteroatoms. The van der Waals surface area contributed by atoms with Crippen LogP contribution in [-0.2, 0) is 12.8 Å². The van der Waals surface area contributed by atoms with Gasteiger partial charge in [-0.05, 0) is 42.0 Å². The summed E-state index contributed by atoms with van der Waals surface area (Å²) in [5.74, 6) is -0.118. The van der Waals surface area contributed by atoms with E-state index in [0.717, 1.165) is 24.0 Å². The summed E-state index contributed by atoms with van der Waals surface area (Å²) in [5.41, 5.74) is 4.07. The molecule has 0 aromatic heterocycles. The van der Waals surface area contributed by atoms with Crippen molar-refractivity contribution in [3.05, 3.63) is 59.4 Å². The Morgan fingerprint density at radius 2 is 1.39 bits per heavy atom. The van der Waals surface area contributed by atoms with E-state index in [-0.39, 0.29) is 5.82 Å². The summed E-state index contributed by atoms with van der Waals surface area (Å²) in [5, 5.41) is 0. The van der Waals surface area contributed by atoms with Crippen LogP contribution in [0.25, 0.3) is 11.1 Å². The lowest BCUT2D eigenvalue weighted by Gasteiger charge is -2.07. The summed E-state index contributed by atoms with van der Waals surface area (Å²) in [6, 6.07) is 14.0. The zero-order valence-electron chi connectivity index (χ0n) is 14.6. The van der Waals surface area contributed by atoms with E-state index < -0.39 is 0 Å². The van der Waals surface area contributed by atoms with E-state index in [4.69, 9.17) is 0 Å². The van der Waals surface area contributed by atoms with Crippen molar-refractivity contribution >= 4 is 0 Å². The van der Waals surface area contributed by atoms with Crippen molar-refractivity contribution < 1.29 is 4.39 Å². The summed E-state index contributed by atoms with van der Waals surface area (Å²) in [7, 11) is 0. The Kier molecular flexibility index (Phi) is 7.32. The molecular weight excluding hydrogens is 283 g/mol. The monoisotopic (exact) mass is 312 g/mol. The number of halogens is 1. The maximum atomic E-state index is 14.2. The SMILES string of the molecule is CCCCCCCCc1ccc(-c2ccc(CC)cc2F)cc1. The Morgan fingerprint density at radius 1 is 0.739 bits per heavy atom. The molecular formula is C22H29F. The topological polar surface area (TPSA) is 0 Å². The first-order valence-electron chi connectivity index (χ1n) is 9.12. The minimum atomic E-state index is -0.118. The van der Waals surface area contributed by atoms with Crippen LogP contribution in [0, 0.1) is 5.82 Å². The van der Waals surface area contributed by atoms with Gasteiger partial charge in [0, 0.05) is 5.56 Å². The van der Waals surface area contributed by atoms with Crippen LogP contribution < -0.4 is 0 Å². The van der Waals surface area contributed by atoms with Gasteiger partial charge in [-0.3, -0.25) is 0 Å². The summed E-state index contributed by atoms with van der Waals surface area (Å²) in [6.07, 6.45) is 9.94. The highest BCUT2D eigenvalue weighted by molar-refractivity contribution is 5.64. The first kappa shape index (κ1) is 17.7. The fraction of sp³-hybridized carbons (Fsp3) is 0.455. The Balaban J connectivity index is 1.89. The number of benzene rings is 2. The van der Waals surface area contributed by atoms with Crippen molar-refractivity contribution in [2.45, 2.75) is 65.2 Å². The minimum Gasteiger partial charge on any atom is -0.206 e. The molecule has 0 atom stereocenters. The molecule has 0 spiro atoms. The lowest BCUT2D eigenvalue weighted by atomic mass is 9.99. The van der Waals surface area contributed by atoms with Gasteiger partial charge in [-0.15, -0.1) is 0 Å². The third kappa shape index (κ3) is 5.49. The maximum Gasteiger partial charge on any atom is 0.131 e. The van der Waals surface area contributed by atoms with Crippen LogP contribution in [0.3, 0.4) is 0 Å². The molecule has 0 aliphatic heterocycles. The lowest BCUT2D eigenvalue weighted by Crippen LogP contribution is -1.90. The van der Waals surface area contributed by atoms with Gasteiger partial charge in [0.05, 0.1) is 0 Å². The summed E-state index contributed by atoms with van der Waals surface area (Å²) in [6.45, 7) is 4.30. The quantitative estimate of drug-likeness (QED) is 0.439. The third-order valence-electron chi connectivity index (χ3n) is 4.53. The Bertz CT molecular complexity index is 583. The normalized spacial score (nSPS) is 10.9. The van der Waals surface area contributed by atoms with Crippen molar-refractivity contribution in [2.24, 2.45) is 0 Å². The van der Waals surface area contributed by atoms with Gasteiger partial charge in [0.25, 0.3) is 0 Å². The van der Waals surface area contributed by atoms with Gasteiger partial charge in [-0.25, -0.2) is 4.39 Å². The van der Waals surface area contributed by atoms with Crippen LogP contribution in [-0.4, -0.2) is 0 Å². The molecule has 0 saturated heterocycles. The molecule has 0 unspecified atom stereocenters. The van der Waals surface area contributed by atoms with Gasteiger partial charge >= 0.3 is 0 Å². The van der Waals surface area contributed by atoms with Gasteiger partial charge in [0.1, 0.15) is 5.82 Å². The van der Waals surface area contributed by atoms with Crippen molar-refractivity contribution in [1.29, 1.82) is 0 Å². The highest BCUT2D eigenvalue weighted by Crippen LogP contribution is 2.24. The molecule has 0 N–H and O–H groups in total. The number of aryl methyl sites for hydroxylation is 2. The number of rotatable bonds is 9. The van der Waals surface area contributed by atoms with Crippen molar-refractivity contribution in [3.8, 4) is 11.1 Å². The molecule has 0 radical (unpaired) electrons. The van der Waals surface area contributed by atoms with E-state index >= 15 is 0 Å². The lowest BCUT2D eigenvalue weighted by molar-refractivity contribution is 0.607. The van der Waals surface area contributed by atoms with E-state index in [1.54, 1.807) is 6.07 Å². The van der Waals surface area contributed by atoms with Gasteiger partial charge in [-0.1, -0.05) is 82.3 Å². The number of hydrogen-bond acceptors (Lipinski definition) is 0. The van der Waals surface area contributed by atoms with Gasteiger partial charge < -0.3 is 0 Å². The second kappa shape index (κ2) is 9.50. The Hall–Kier alpha value is -1.63. The summed E-state index contributed by atoms with van der Waals surface area (Å²) in [4.78, 5) is 0. The zero-order valence-corrected chi connectivity index (χ0v) is 14.6. The summed E-state index contributed by atoms with van der Waals surface area (Å²) >= 11 is 0. The van der Waals surface area contributed by atoms with Crippen LogP contribution in [0.4, 0.5) is 4.39 Å². The van der Waals surface area contributed by atoms with Crippen molar-refractivity contribution in [1.82, 2.24) is 0 Å². The average molecular weight is 312 g/mol. The average Bonchev–Trinajstić information content (AvgIpc) is 2.58. The molecule has 2 aromatic carbocycles. The molecule has 0 nitrogen and oxygen atoms in total. The summed E-state index contributed by atoms with van der Waals surface area (Å²) < 4.78 is 14.2. The predicted octanol–water partition coefficient (Wildman–Crippen LogP) is 6.96. The number of hydrogen-bond donors (Lipinski definition) is 0. The molecule has 23 heavy (non-hydrogen) atoms. The highest BCUT2D eigenvalue weighted by atomic mass is 19.1. The fourth-order valence-electron chi connectivity index (χ4n) is 2.97. The molecule has 124 valence electrons. The first-order chi connectivity index (χ1) is 11.2. The van der Waals surface area contributed by atoms with Crippen LogP contribution in [0.1, 0.15) is 63.5 Å². The van der Waals surface area contributed by atoms with Gasteiger partial charge in [0.15, 0.2) is 0 Å². The second-order valence-corrected chi connectivity index (χ2v) is 6.38. The van der Waals surface area contributed by atoms with Crippen molar-refractivity contribution in [2.75, 3.05) is 0 Å². The smallest absolute Gasteiger partial charge is 0.131 e.